The van der Waals surface area contributed by atoms with Crippen LogP contribution in [0.3, 0.4) is 0 Å². The van der Waals surface area contributed by atoms with E-state index in [0.29, 0.717) is 10.0 Å². The van der Waals surface area contributed by atoms with Crippen molar-refractivity contribution in [1.82, 2.24) is 0 Å². The molecule has 0 N–H and O–H groups in total. The Kier molecular flexibility index (Phi) is 3.27. The van der Waals surface area contributed by atoms with E-state index in [1.807, 2.05) is 0 Å². The maximum atomic E-state index is 12.4. The summed E-state index contributed by atoms with van der Waals surface area (Å²) >= 11 is 3.15. The lowest BCUT2D eigenvalue weighted by Gasteiger charge is -2.18. The van der Waals surface area contributed by atoms with Crippen LogP contribution in [0.5, 0.6) is 5.75 Å². The molecular formula is C11H8BrF3O3. The second kappa shape index (κ2) is 4.46. The maximum Gasteiger partial charge on any atom is 0.425 e. The van der Waals surface area contributed by atoms with Gasteiger partial charge in [0.05, 0.1) is 0 Å². The van der Waals surface area contributed by atoms with Gasteiger partial charge in [0.25, 0.3) is 0 Å². The van der Waals surface area contributed by atoms with E-state index in [4.69, 9.17) is 9.47 Å². The highest BCUT2D eigenvalue weighted by molar-refractivity contribution is 9.10. The summed E-state index contributed by atoms with van der Waals surface area (Å²) in [6.45, 7) is 0.929. The molecule has 2 rings (SSSR count). The zero-order valence-corrected chi connectivity index (χ0v) is 10.8. The number of fused-ring (bicyclic) bond motifs is 1. The number of hydrogen-bond acceptors (Lipinski definition) is 3. The van der Waals surface area contributed by atoms with Crippen LogP contribution < -0.4 is 4.74 Å². The molecule has 1 aromatic rings. The molecule has 1 aliphatic heterocycles. The Bertz CT molecular complexity index is 499. The Morgan fingerprint density at radius 3 is 2.72 bits per heavy atom. The second-order valence-electron chi connectivity index (χ2n) is 3.82. The molecule has 0 radical (unpaired) electrons. The molecule has 1 atom stereocenters. The minimum Gasteiger partial charge on any atom is -0.480 e. The highest BCUT2D eigenvalue weighted by atomic mass is 79.9. The second-order valence-corrected chi connectivity index (χ2v) is 4.73. The first-order valence-corrected chi connectivity index (χ1v) is 5.81. The zero-order chi connectivity index (χ0) is 13.5. The number of carbonyl (C=O) groups is 1. The van der Waals surface area contributed by atoms with Crippen molar-refractivity contribution in [3.63, 3.8) is 0 Å². The first kappa shape index (κ1) is 13.2. The van der Waals surface area contributed by atoms with Crippen LogP contribution in [0.2, 0.25) is 0 Å². The monoisotopic (exact) mass is 324 g/mol. The van der Waals surface area contributed by atoms with Gasteiger partial charge in [-0.05, 0) is 19.1 Å². The smallest absolute Gasteiger partial charge is 0.425 e. The van der Waals surface area contributed by atoms with Gasteiger partial charge >= 0.3 is 12.1 Å². The average molecular weight is 325 g/mol. The first-order chi connectivity index (χ1) is 8.29. The summed E-state index contributed by atoms with van der Waals surface area (Å²) in [6, 6.07) is 2.94. The number of carbonyl (C=O) groups excluding carboxylic acids is 1. The van der Waals surface area contributed by atoms with Gasteiger partial charge in [-0.15, -0.1) is 0 Å². The van der Waals surface area contributed by atoms with E-state index in [9.17, 15) is 18.0 Å². The van der Waals surface area contributed by atoms with Gasteiger partial charge in [0, 0.05) is 10.0 Å². The molecule has 18 heavy (non-hydrogen) atoms. The number of cyclic esters (lactones) is 1. The van der Waals surface area contributed by atoms with Crippen LogP contribution in [0.4, 0.5) is 13.2 Å². The van der Waals surface area contributed by atoms with Crippen LogP contribution in [-0.4, -0.2) is 18.2 Å². The fourth-order valence-corrected chi connectivity index (χ4v) is 2.03. The SMILES string of the molecule is CC(Oc1cc(Br)cc2c1C(=O)OC2)C(F)(F)F. The van der Waals surface area contributed by atoms with Crippen molar-refractivity contribution in [3.05, 3.63) is 27.7 Å². The number of ether oxygens (including phenoxy) is 2. The van der Waals surface area contributed by atoms with E-state index in [0.717, 1.165) is 6.92 Å². The maximum absolute atomic E-state index is 12.4. The van der Waals surface area contributed by atoms with Crippen LogP contribution in [0.15, 0.2) is 16.6 Å². The van der Waals surface area contributed by atoms with E-state index in [2.05, 4.69) is 15.9 Å². The predicted octanol–water partition coefficient (Wildman–Crippen LogP) is 3.45. The summed E-state index contributed by atoms with van der Waals surface area (Å²) in [5, 5.41) is 0. The third-order valence-electron chi connectivity index (χ3n) is 2.48. The van der Waals surface area contributed by atoms with E-state index in [-0.39, 0.29) is 17.9 Å². The molecule has 0 bridgehead atoms. The van der Waals surface area contributed by atoms with Gasteiger partial charge < -0.3 is 9.47 Å². The van der Waals surface area contributed by atoms with E-state index < -0.39 is 18.2 Å². The molecule has 1 aromatic carbocycles. The van der Waals surface area contributed by atoms with Gasteiger partial charge in [0.1, 0.15) is 17.9 Å². The van der Waals surface area contributed by atoms with E-state index in [1.54, 1.807) is 6.07 Å². The Morgan fingerprint density at radius 1 is 1.44 bits per heavy atom. The van der Waals surface area contributed by atoms with Crippen molar-refractivity contribution in [2.24, 2.45) is 0 Å². The van der Waals surface area contributed by atoms with Crippen molar-refractivity contribution in [2.45, 2.75) is 25.8 Å². The summed E-state index contributed by atoms with van der Waals surface area (Å²) in [5.74, 6) is -0.784. The van der Waals surface area contributed by atoms with Gasteiger partial charge in [-0.2, -0.15) is 13.2 Å². The molecule has 0 fully saturated rings. The molecule has 0 saturated heterocycles. The molecule has 0 saturated carbocycles. The Morgan fingerprint density at radius 2 is 2.11 bits per heavy atom. The number of alkyl halides is 3. The predicted molar refractivity (Wildman–Crippen MR) is 59.4 cm³/mol. The Hall–Kier alpha value is -1.24. The van der Waals surface area contributed by atoms with Gasteiger partial charge in [0.2, 0.25) is 0 Å². The van der Waals surface area contributed by atoms with Crippen LogP contribution in [-0.2, 0) is 11.3 Å². The lowest BCUT2D eigenvalue weighted by atomic mass is 10.1. The van der Waals surface area contributed by atoms with Gasteiger partial charge in [-0.1, -0.05) is 15.9 Å². The molecule has 1 heterocycles. The lowest BCUT2D eigenvalue weighted by molar-refractivity contribution is -0.189. The Labute approximate surface area is 109 Å². The molecule has 7 heteroatoms. The number of halogens is 4. The van der Waals surface area contributed by atoms with Crippen molar-refractivity contribution < 1.29 is 27.4 Å². The minimum atomic E-state index is -4.49. The highest BCUT2D eigenvalue weighted by Gasteiger charge is 2.39. The summed E-state index contributed by atoms with van der Waals surface area (Å²) in [7, 11) is 0. The summed E-state index contributed by atoms with van der Waals surface area (Å²) in [5.41, 5.74) is 0.577. The Balaban J connectivity index is 2.37. The van der Waals surface area contributed by atoms with Crippen molar-refractivity contribution in [3.8, 4) is 5.75 Å². The first-order valence-electron chi connectivity index (χ1n) is 5.02. The fraction of sp³-hybridized carbons (Fsp3) is 0.364. The number of benzene rings is 1. The van der Waals surface area contributed by atoms with E-state index >= 15 is 0 Å². The number of rotatable bonds is 2. The summed E-state index contributed by atoms with van der Waals surface area (Å²) < 4.78 is 47.4. The van der Waals surface area contributed by atoms with Crippen LogP contribution >= 0.6 is 15.9 Å². The topological polar surface area (TPSA) is 35.5 Å². The van der Waals surface area contributed by atoms with Crippen molar-refractivity contribution in [2.75, 3.05) is 0 Å². The van der Waals surface area contributed by atoms with Gasteiger partial charge in [-0.3, -0.25) is 0 Å². The molecule has 98 valence electrons. The largest absolute Gasteiger partial charge is 0.480 e. The minimum absolute atomic E-state index is 0.0460. The zero-order valence-electron chi connectivity index (χ0n) is 9.18. The van der Waals surface area contributed by atoms with Gasteiger partial charge in [-0.25, -0.2) is 4.79 Å². The van der Waals surface area contributed by atoms with Crippen LogP contribution in [0.1, 0.15) is 22.8 Å². The normalized spacial score (nSPS) is 16.2. The molecular weight excluding hydrogens is 317 g/mol. The quantitative estimate of drug-likeness (QED) is 0.782. The average Bonchev–Trinajstić information content (AvgIpc) is 2.58. The lowest BCUT2D eigenvalue weighted by Crippen LogP contribution is -2.31. The third kappa shape index (κ3) is 2.45. The standard InChI is InChI=1S/C11H8BrF3O3/c1-5(11(13,14)15)18-8-3-7(12)2-6-4-17-10(16)9(6)8/h2-3,5H,4H2,1H3. The molecule has 0 aliphatic carbocycles. The molecule has 1 aliphatic rings. The van der Waals surface area contributed by atoms with Crippen LogP contribution in [0.25, 0.3) is 0 Å². The molecule has 1 unspecified atom stereocenters. The third-order valence-corrected chi connectivity index (χ3v) is 2.93. The molecule has 0 spiro atoms. The molecule has 0 aromatic heterocycles. The summed E-state index contributed by atoms with van der Waals surface area (Å²) in [4.78, 5) is 11.4. The number of esters is 1. The van der Waals surface area contributed by atoms with Crippen LogP contribution in [0, 0.1) is 0 Å². The van der Waals surface area contributed by atoms with Gasteiger partial charge in [0.15, 0.2) is 6.10 Å². The van der Waals surface area contributed by atoms with Crippen molar-refractivity contribution in [1.29, 1.82) is 0 Å². The fourth-order valence-electron chi connectivity index (χ4n) is 1.55. The van der Waals surface area contributed by atoms with E-state index in [1.165, 1.54) is 6.07 Å². The highest BCUT2D eigenvalue weighted by Crippen LogP contribution is 2.35. The van der Waals surface area contributed by atoms with Crippen molar-refractivity contribution >= 4 is 21.9 Å². The number of hydrogen-bond donors (Lipinski definition) is 0. The molecule has 3 nitrogen and oxygen atoms in total. The molecule has 0 amide bonds. The summed E-state index contributed by atoms with van der Waals surface area (Å²) in [6.07, 6.45) is -6.48.